The summed E-state index contributed by atoms with van der Waals surface area (Å²) in [6, 6.07) is 14.7. The molecular formula is C13H14Ca. The summed E-state index contributed by atoms with van der Waals surface area (Å²) < 4.78 is 0. The molecule has 68 valence electrons. The van der Waals surface area contributed by atoms with Crippen molar-refractivity contribution in [2.75, 3.05) is 0 Å². The first-order chi connectivity index (χ1) is 6.29. The third-order valence-corrected chi connectivity index (χ3v) is 2.25. The zero-order valence-electron chi connectivity index (χ0n) is 10.5. The van der Waals surface area contributed by atoms with Gasteiger partial charge in [0.2, 0.25) is 0 Å². The maximum Gasteiger partial charge on any atom is 2.00 e. The summed E-state index contributed by atoms with van der Waals surface area (Å²) in [5, 5.41) is 2.57. The quantitative estimate of drug-likeness (QED) is 0.629. The molecule has 14 heavy (non-hydrogen) atoms. The van der Waals surface area contributed by atoms with Gasteiger partial charge in [-0.05, 0) is 23.3 Å². The van der Waals surface area contributed by atoms with E-state index < -0.39 is 0 Å². The second kappa shape index (κ2) is 4.97. The molecule has 2 rings (SSSR count). The van der Waals surface area contributed by atoms with Crippen LogP contribution in [0.4, 0.5) is 0 Å². The average molecular weight is 210 g/mol. The van der Waals surface area contributed by atoms with Crippen molar-refractivity contribution in [3.8, 4) is 0 Å². The molecule has 0 unspecified atom stereocenters. The Kier molecular flexibility index (Phi) is 4.18. The zero-order valence-corrected chi connectivity index (χ0v) is 10.7. The minimum atomic E-state index is 0. The van der Waals surface area contributed by atoms with E-state index >= 15 is 0 Å². The van der Waals surface area contributed by atoms with E-state index in [1.165, 1.54) is 16.3 Å². The van der Waals surface area contributed by atoms with Gasteiger partial charge in [-0.15, -0.1) is 0 Å². The third-order valence-electron chi connectivity index (χ3n) is 2.25. The topological polar surface area (TPSA) is 0 Å². The Morgan fingerprint density at radius 2 is 1.71 bits per heavy atom. The molecule has 0 amide bonds. The molecular weight excluding hydrogens is 196 g/mol. The van der Waals surface area contributed by atoms with Crippen LogP contribution in [0.5, 0.6) is 0 Å². The van der Waals surface area contributed by atoms with Gasteiger partial charge in [0.1, 0.15) is 0 Å². The molecule has 0 nitrogen and oxygen atoms in total. The van der Waals surface area contributed by atoms with E-state index in [1.54, 1.807) is 0 Å². The fourth-order valence-electron chi connectivity index (χ4n) is 1.60. The summed E-state index contributed by atoms with van der Waals surface area (Å²) in [7, 11) is 0. The number of benzene rings is 2. The van der Waals surface area contributed by atoms with Crippen molar-refractivity contribution in [1.82, 2.24) is 0 Å². The van der Waals surface area contributed by atoms with Crippen molar-refractivity contribution in [2.24, 2.45) is 0 Å². The number of fused-ring (bicyclic) bond motifs is 1. The molecule has 0 heterocycles. The van der Waals surface area contributed by atoms with Gasteiger partial charge in [0, 0.05) is 0 Å². The van der Waals surface area contributed by atoms with E-state index in [-0.39, 0.29) is 40.6 Å². The predicted molar refractivity (Wildman–Crippen MR) is 66.6 cm³/mol. The Morgan fingerprint density at radius 1 is 1.07 bits per heavy atom. The van der Waals surface area contributed by atoms with Crippen LogP contribution in [0.2, 0.25) is 0 Å². The molecule has 0 bridgehead atoms. The van der Waals surface area contributed by atoms with Crippen LogP contribution in [0.25, 0.3) is 16.3 Å². The van der Waals surface area contributed by atoms with Crippen LogP contribution in [0.1, 0.15) is 15.3 Å². The fourth-order valence-corrected chi connectivity index (χ4v) is 1.60. The molecule has 0 saturated carbocycles. The fraction of sp³-hybridized carbons (Fsp3) is 0.0769. The largest absolute Gasteiger partial charge is 2.00 e. The van der Waals surface area contributed by atoms with Crippen molar-refractivity contribution >= 4 is 54.1 Å². The Hall–Kier alpha value is -0.300. The monoisotopic (exact) mass is 210 g/mol. The third kappa shape index (κ3) is 2.20. The van der Waals surface area contributed by atoms with Crippen LogP contribution < -0.4 is 0 Å². The summed E-state index contributed by atoms with van der Waals surface area (Å²) in [6.45, 7) is 6.02. The average Bonchev–Trinajstić information content (AvgIpc) is 2.17. The van der Waals surface area contributed by atoms with Crippen LogP contribution in [0, 0.1) is 0 Å². The van der Waals surface area contributed by atoms with E-state index in [0.717, 1.165) is 5.57 Å². The Labute approximate surface area is 118 Å². The molecule has 0 aromatic heterocycles. The first kappa shape index (κ1) is 11.8. The SMILES string of the molecule is C=C(C)c1cccc2ccccc12.[Ca+2].[H-].[H-]. The van der Waals surface area contributed by atoms with Crippen LogP contribution in [-0.2, 0) is 0 Å². The normalized spacial score (nSPS) is 9.50. The predicted octanol–water partition coefficient (Wildman–Crippen LogP) is 3.72. The van der Waals surface area contributed by atoms with E-state index in [0.29, 0.717) is 0 Å². The number of hydrogen-bond donors (Lipinski definition) is 0. The molecule has 2 aromatic carbocycles. The van der Waals surface area contributed by atoms with Crippen LogP contribution in [0.15, 0.2) is 49.0 Å². The Morgan fingerprint density at radius 3 is 2.43 bits per heavy atom. The molecule has 2 aromatic rings. The molecule has 0 N–H and O–H groups in total. The number of allylic oxidation sites excluding steroid dienone is 1. The summed E-state index contributed by atoms with van der Waals surface area (Å²) in [5.41, 5.74) is 2.37. The second-order valence-electron chi connectivity index (χ2n) is 3.31. The second-order valence-corrected chi connectivity index (χ2v) is 3.31. The molecule has 0 radical (unpaired) electrons. The summed E-state index contributed by atoms with van der Waals surface area (Å²) in [4.78, 5) is 0. The van der Waals surface area contributed by atoms with Crippen LogP contribution in [-0.4, -0.2) is 37.7 Å². The first-order valence-corrected chi connectivity index (χ1v) is 4.42. The van der Waals surface area contributed by atoms with Crippen molar-refractivity contribution in [3.05, 3.63) is 54.6 Å². The van der Waals surface area contributed by atoms with Crippen molar-refractivity contribution in [1.29, 1.82) is 0 Å². The van der Waals surface area contributed by atoms with Crippen molar-refractivity contribution in [2.45, 2.75) is 6.92 Å². The summed E-state index contributed by atoms with van der Waals surface area (Å²) in [6.07, 6.45) is 0. The van der Waals surface area contributed by atoms with Gasteiger partial charge in [-0.25, -0.2) is 0 Å². The van der Waals surface area contributed by atoms with Gasteiger partial charge >= 0.3 is 37.7 Å². The smallest absolute Gasteiger partial charge is 1.00 e. The molecule has 0 saturated heterocycles. The van der Waals surface area contributed by atoms with E-state index in [2.05, 4.69) is 49.0 Å². The minimum Gasteiger partial charge on any atom is -1.00 e. The molecule has 0 spiro atoms. The summed E-state index contributed by atoms with van der Waals surface area (Å²) >= 11 is 0. The molecule has 0 aliphatic heterocycles. The minimum absolute atomic E-state index is 0. The van der Waals surface area contributed by atoms with E-state index in [1.807, 2.05) is 6.92 Å². The maximum atomic E-state index is 3.98. The van der Waals surface area contributed by atoms with Crippen LogP contribution >= 0.6 is 0 Å². The van der Waals surface area contributed by atoms with Crippen molar-refractivity contribution < 1.29 is 2.85 Å². The van der Waals surface area contributed by atoms with Gasteiger partial charge in [0.15, 0.2) is 0 Å². The standard InChI is InChI=1S/C13H12.Ca.2H/c1-10(2)12-9-5-7-11-6-3-4-8-13(11)12;;;/h3-9H,1H2,2H3;;;/q;+2;2*-1. The zero-order chi connectivity index (χ0) is 9.26. The van der Waals surface area contributed by atoms with E-state index in [4.69, 9.17) is 0 Å². The maximum absolute atomic E-state index is 3.98. The number of hydrogen-bond acceptors (Lipinski definition) is 0. The van der Waals surface area contributed by atoms with Gasteiger partial charge in [0.25, 0.3) is 0 Å². The molecule has 0 fully saturated rings. The molecule has 1 heteroatoms. The van der Waals surface area contributed by atoms with Gasteiger partial charge in [-0.1, -0.05) is 54.6 Å². The molecule has 0 aliphatic rings. The van der Waals surface area contributed by atoms with Gasteiger partial charge < -0.3 is 2.85 Å². The van der Waals surface area contributed by atoms with Gasteiger partial charge in [-0.3, -0.25) is 0 Å². The number of rotatable bonds is 1. The van der Waals surface area contributed by atoms with Gasteiger partial charge in [-0.2, -0.15) is 0 Å². The molecule has 0 atom stereocenters. The first-order valence-electron chi connectivity index (χ1n) is 4.42. The summed E-state index contributed by atoms with van der Waals surface area (Å²) in [5.74, 6) is 0. The van der Waals surface area contributed by atoms with Crippen LogP contribution in [0.3, 0.4) is 0 Å². The Bertz CT molecular complexity index is 461. The molecule has 0 aliphatic carbocycles. The van der Waals surface area contributed by atoms with Crippen molar-refractivity contribution in [3.63, 3.8) is 0 Å². The van der Waals surface area contributed by atoms with E-state index in [9.17, 15) is 0 Å². The Balaban J connectivity index is 0. The van der Waals surface area contributed by atoms with Gasteiger partial charge in [0.05, 0.1) is 0 Å².